The molecule has 0 saturated carbocycles. The Morgan fingerprint density at radius 1 is 1.33 bits per heavy atom. The number of fused-ring (bicyclic) bond motifs is 1. The maximum absolute atomic E-state index is 12.3. The number of carbonyl (C=O) groups excluding carboxylic acids is 1. The minimum atomic E-state index is -0.0677. The van der Waals surface area contributed by atoms with E-state index in [0.29, 0.717) is 6.54 Å². The van der Waals surface area contributed by atoms with Gasteiger partial charge >= 0.3 is 0 Å². The number of nitrogens with zero attached hydrogens (tertiary/aromatic N) is 2. The molecule has 3 rings (SSSR count). The standard InChI is InChI=1S/C19H18N2O2S/c1-21(18(23)8-7-17-10-14(12-22)13-24-17)11-16-5-2-4-15-6-3-9-20-19(15)16/h2-10,13,22H,11-12H2,1H3/b8-7+. The lowest BCUT2D eigenvalue weighted by Crippen LogP contribution is -2.24. The first-order chi connectivity index (χ1) is 11.7. The summed E-state index contributed by atoms with van der Waals surface area (Å²) in [7, 11) is 1.78. The maximum atomic E-state index is 12.3. The van der Waals surface area contributed by atoms with Crippen molar-refractivity contribution in [2.24, 2.45) is 0 Å². The highest BCUT2D eigenvalue weighted by Crippen LogP contribution is 2.18. The van der Waals surface area contributed by atoms with Crippen molar-refractivity contribution in [1.82, 2.24) is 9.88 Å². The number of likely N-dealkylation sites (N-methyl/N-ethyl adjacent to an activating group) is 1. The highest BCUT2D eigenvalue weighted by Gasteiger charge is 2.09. The Morgan fingerprint density at radius 2 is 2.17 bits per heavy atom. The van der Waals surface area contributed by atoms with Gasteiger partial charge in [-0.3, -0.25) is 9.78 Å². The lowest BCUT2D eigenvalue weighted by Gasteiger charge is -2.16. The molecular formula is C19H18N2O2S. The molecular weight excluding hydrogens is 320 g/mol. The number of thiophene rings is 1. The van der Waals surface area contributed by atoms with Gasteiger partial charge in [0.15, 0.2) is 0 Å². The van der Waals surface area contributed by atoms with Crippen molar-refractivity contribution in [3.05, 3.63) is 70.1 Å². The Bertz CT molecular complexity index is 880. The smallest absolute Gasteiger partial charge is 0.246 e. The van der Waals surface area contributed by atoms with Gasteiger partial charge in [0, 0.05) is 36.1 Å². The van der Waals surface area contributed by atoms with E-state index >= 15 is 0 Å². The Labute approximate surface area is 144 Å². The molecule has 0 aliphatic carbocycles. The first kappa shape index (κ1) is 16.4. The van der Waals surface area contributed by atoms with Crippen LogP contribution in [0.4, 0.5) is 0 Å². The fourth-order valence-electron chi connectivity index (χ4n) is 2.47. The van der Waals surface area contributed by atoms with Gasteiger partial charge in [0.1, 0.15) is 0 Å². The van der Waals surface area contributed by atoms with E-state index in [0.717, 1.165) is 26.9 Å². The van der Waals surface area contributed by atoms with Crippen molar-refractivity contribution in [2.75, 3.05) is 7.05 Å². The lowest BCUT2D eigenvalue weighted by atomic mass is 10.1. The number of aliphatic hydroxyl groups excluding tert-OH is 1. The molecule has 0 spiro atoms. The molecule has 1 aromatic carbocycles. The van der Waals surface area contributed by atoms with E-state index in [1.54, 1.807) is 30.3 Å². The van der Waals surface area contributed by atoms with Gasteiger partial charge in [-0.1, -0.05) is 24.3 Å². The summed E-state index contributed by atoms with van der Waals surface area (Å²) in [6.07, 6.45) is 5.11. The van der Waals surface area contributed by atoms with Crippen molar-refractivity contribution < 1.29 is 9.90 Å². The molecule has 3 aromatic rings. The highest BCUT2D eigenvalue weighted by molar-refractivity contribution is 7.11. The normalized spacial score (nSPS) is 11.2. The number of hydrogen-bond donors (Lipinski definition) is 1. The van der Waals surface area contributed by atoms with Crippen LogP contribution in [0.25, 0.3) is 17.0 Å². The van der Waals surface area contributed by atoms with Gasteiger partial charge in [-0.2, -0.15) is 0 Å². The van der Waals surface area contributed by atoms with Crippen LogP contribution in [0.1, 0.15) is 16.0 Å². The van der Waals surface area contributed by atoms with Crippen LogP contribution in [-0.2, 0) is 17.9 Å². The molecule has 0 atom stereocenters. The summed E-state index contributed by atoms with van der Waals surface area (Å²) in [6, 6.07) is 11.8. The number of amides is 1. The summed E-state index contributed by atoms with van der Waals surface area (Å²) >= 11 is 1.51. The number of carbonyl (C=O) groups is 1. The molecule has 4 nitrogen and oxygen atoms in total. The third kappa shape index (κ3) is 3.69. The van der Waals surface area contributed by atoms with Crippen LogP contribution in [0.2, 0.25) is 0 Å². The largest absolute Gasteiger partial charge is 0.392 e. The number of benzene rings is 1. The van der Waals surface area contributed by atoms with E-state index in [2.05, 4.69) is 4.98 Å². The summed E-state index contributed by atoms with van der Waals surface area (Å²) in [5.74, 6) is -0.0677. The van der Waals surface area contributed by atoms with Crippen molar-refractivity contribution in [1.29, 1.82) is 0 Å². The van der Waals surface area contributed by atoms with Crippen LogP contribution in [0.5, 0.6) is 0 Å². The highest BCUT2D eigenvalue weighted by atomic mass is 32.1. The summed E-state index contributed by atoms with van der Waals surface area (Å²) in [6.45, 7) is 0.524. The molecule has 24 heavy (non-hydrogen) atoms. The molecule has 2 heterocycles. The molecule has 0 radical (unpaired) electrons. The van der Waals surface area contributed by atoms with E-state index < -0.39 is 0 Å². The van der Waals surface area contributed by atoms with Gasteiger partial charge in [0.2, 0.25) is 5.91 Å². The molecule has 1 amide bonds. The van der Waals surface area contributed by atoms with E-state index in [-0.39, 0.29) is 12.5 Å². The number of rotatable bonds is 5. The molecule has 5 heteroatoms. The predicted molar refractivity (Wildman–Crippen MR) is 97.5 cm³/mol. The van der Waals surface area contributed by atoms with Crippen LogP contribution in [-0.4, -0.2) is 27.9 Å². The molecule has 122 valence electrons. The van der Waals surface area contributed by atoms with Crippen LogP contribution < -0.4 is 0 Å². The van der Waals surface area contributed by atoms with Crippen LogP contribution in [0, 0.1) is 0 Å². The number of hydrogen-bond acceptors (Lipinski definition) is 4. The summed E-state index contributed by atoms with van der Waals surface area (Å²) < 4.78 is 0. The second kappa shape index (κ2) is 7.38. The summed E-state index contributed by atoms with van der Waals surface area (Å²) in [4.78, 5) is 19.3. The van der Waals surface area contributed by atoms with Crippen LogP contribution in [0.3, 0.4) is 0 Å². The molecule has 0 unspecified atom stereocenters. The second-order valence-corrected chi connectivity index (χ2v) is 6.48. The third-order valence-electron chi connectivity index (χ3n) is 3.75. The Balaban J connectivity index is 1.71. The third-order valence-corrected chi connectivity index (χ3v) is 4.69. The minimum Gasteiger partial charge on any atom is -0.392 e. The number of aliphatic hydroxyl groups is 1. The van der Waals surface area contributed by atoms with Crippen molar-refractivity contribution in [3.8, 4) is 0 Å². The number of pyridine rings is 1. The predicted octanol–water partition coefficient (Wildman–Crippen LogP) is 3.46. The number of aromatic nitrogens is 1. The zero-order valence-corrected chi connectivity index (χ0v) is 14.2. The lowest BCUT2D eigenvalue weighted by molar-refractivity contribution is -0.125. The zero-order valence-electron chi connectivity index (χ0n) is 13.3. The quantitative estimate of drug-likeness (QED) is 0.725. The maximum Gasteiger partial charge on any atom is 0.246 e. The molecule has 0 saturated heterocycles. The van der Waals surface area contributed by atoms with E-state index in [9.17, 15) is 4.79 Å². The molecule has 0 bridgehead atoms. The van der Waals surface area contributed by atoms with Gasteiger partial charge in [-0.15, -0.1) is 11.3 Å². The number of para-hydroxylation sites is 1. The summed E-state index contributed by atoms with van der Waals surface area (Å²) in [5, 5.41) is 12.0. The Kier molecular flexibility index (Phi) is 5.03. The first-order valence-electron chi connectivity index (χ1n) is 7.61. The average Bonchev–Trinajstić information content (AvgIpc) is 3.08. The fraction of sp³-hybridized carbons (Fsp3) is 0.158. The van der Waals surface area contributed by atoms with Crippen LogP contribution in [0.15, 0.2) is 54.1 Å². The average molecular weight is 338 g/mol. The SMILES string of the molecule is CN(Cc1cccc2cccnc12)C(=O)/C=C/c1cc(CO)cs1. The molecule has 0 aliphatic rings. The summed E-state index contributed by atoms with van der Waals surface area (Å²) in [5.41, 5.74) is 2.81. The van der Waals surface area contributed by atoms with Crippen molar-refractivity contribution in [2.45, 2.75) is 13.2 Å². The monoisotopic (exact) mass is 338 g/mol. The van der Waals surface area contributed by atoms with Gasteiger partial charge in [-0.25, -0.2) is 0 Å². The Morgan fingerprint density at radius 3 is 2.96 bits per heavy atom. The fourth-order valence-corrected chi connectivity index (χ4v) is 3.27. The second-order valence-electron chi connectivity index (χ2n) is 5.54. The van der Waals surface area contributed by atoms with E-state index in [4.69, 9.17) is 5.11 Å². The van der Waals surface area contributed by atoms with Crippen LogP contribution >= 0.6 is 11.3 Å². The van der Waals surface area contributed by atoms with E-state index in [1.165, 1.54) is 11.3 Å². The van der Waals surface area contributed by atoms with Gasteiger partial charge in [0.05, 0.1) is 12.1 Å². The molecule has 0 fully saturated rings. The van der Waals surface area contributed by atoms with Gasteiger partial charge in [0.25, 0.3) is 0 Å². The van der Waals surface area contributed by atoms with Crippen molar-refractivity contribution >= 4 is 34.2 Å². The van der Waals surface area contributed by atoms with E-state index in [1.807, 2.05) is 41.8 Å². The Hall–Kier alpha value is -2.50. The topological polar surface area (TPSA) is 53.4 Å². The molecule has 2 aromatic heterocycles. The molecule has 1 N–H and O–H groups in total. The zero-order chi connectivity index (χ0) is 16.9. The van der Waals surface area contributed by atoms with Gasteiger partial charge in [-0.05, 0) is 34.7 Å². The molecule has 0 aliphatic heterocycles. The van der Waals surface area contributed by atoms with Gasteiger partial charge < -0.3 is 10.0 Å². The van der Waals surface area contributed by atoms with Crippen molar-refractivity contribution in [3.63, 3.8) is 0 Å². The minimum absolute atomic E-state index is 0.0201. The first-order valence-corrected chi connectivity index (χ1v) is 8.49.